The fourth-order valence-electron chi connectivity index (χ4n) is 2.16. The Hall–Kier alpha value is -1.39. The molecule has 0 aromatic heterocycles. The van der Waals surface area contributed by atoms with E-state index in [0.717, 1.165) is 6.42 Å². The molecule has 98 valence electrons. The van der Waals surface area contributed by atoms with E-state index in [0.29, 0.717) is 5.56 Å². The molecule has 1 aliphatic heterocycles. The van der Waals surface area contributed by atoms with Gasteiger partial charge in [0.2, 0.25) is 6.29 Å². The molecule has 0 spiro atoms. The van der Waals surface area contributed by atoms with Crippen molar-refractivity contribution in [3.8, 4) is 0 Å². The van der Waals surface area contributed by atoms with Crippen molar-refractivity contribution in [1.29, 1.82) is 0 Å². The lowest BCUT2D eigenvalue weighted by Gasteiger charge is -2.15. The van der Waals surface area contributed by atoms with Crippen molar-refractivity contribution in [2.24, 2.45) is 5.92 Å². The monoisotopic (exact) mass is 250 g/mol. The van der Waals surface area contributed by atoms with Gasteiger partial charge in [-0.05, 0) is 18.6 Å². The van der Waals surface area contributed by atoms with E-state index in [2.05, 4.69) is 0 Å². The zero-order valence-corrected chi connectivity index (χ0v) is 10.6. The van der Waals surface area contributed by atoms with Crippen molar-refractivity contribution < 1.29 is 19.4 Å². The normalized spacial score (nSPS) is 31.3. The van der Waals surface area contributed by atoms with Crippen LogP contribution < -0.4 is 0 Å². The molecular weight excluding hydrogens is 232 g/mol. The van der Waals surface area contributed by atoms with E-state index in [-0.39, 0.29) is 12.0 Å². The molecule has 1 fully saturated rings. The van der Waals surface area contributed by atoms with Crippen LogP contribution in [0, 0.1) is 5.92 Å². The van der Waals surface area contributed by atoms with Crippen LogP contribution in [0.15, 0.2) is 30.3 Å². The molecule has 1 aromatic carbocycles. The molecule has 1 unspecified atom stereocenters. The lowest BCUT2D eigenvalue weighted by atomic mass is 9.99. The molecular formula is C14H18O4. The van der Waals surface area contributed by atoms with Crippen molar-refractivity contribution in [3.63, 3.8) is 0 Å². The van der Waals surface area contributed by atoms with Crippen molar-refractivity contribution in [2.75, 3.05) is 0 Å². The number of carbonyl (C=O) groups excluding carboxylic acids is 1. The van der Waals surface area contributed by atoms with Gasteiger partial charge in [0.25, 0.3) is 0 Å². The highest BCUT2D eigenvalue weighted by Gasteiger charge is 2.42. The fraction of sp³-hybridized carbons (Fsp3) is 0.500. The van der Waals surface area contributed by atoms with E-state index in [1.54, 1.807) is 24.3 Å². The quantitative estimate of drug-likeness (QED) is 0.833. The zero-order valence-electron chi connectivity index (χ0n) is 10.6. The van der Waals surface area contributed by atoms with Gasteiger partial charge in [0.1, 0.15) is 6.10 Å². The van der Waals surface area contributed by atoms with Gasteiger partial charge in [0, 0.05) is 5.92 Å². The molecule has 0 radical (unpaired) electrons. The molecule has 0 aliphatic carbocycles. The van der Waals surface area contributed by atoms with Crippen LogP contribution in [0.1, 0.15) is 30.6 Å². The zero-order chi connectivity index (χ0) is 13.1. The summed E-state index contributed by atoms with van der Waals surface area (Å²) in [6, 6.07) is 8.70. The molecule has 4 nitrogen and oxygen atoms in total. The summed E-state index contributed by atoms with van der Waals surface area (Å²) < 4.78 is 10.7. The first-order valence-corrected chi connectivity index (χ1v) is 6.23. The first-order chi connectivity index (χ1) is 8.63. The highest BCUT2D eigenvalue weighted by Crippen LogP contribution is 2.29. The van der Waals surface area contributed by atoms with Crippen LogP contribution in [0.25, 0.3) is 0 Å². The maximum Gasteiger partial charge on any atom is 0.340 e. The van der Waals surface area contributed by atoms with E-state index < -0.39 is 18.4 Å². The van der Waals surface area contributed by atoms with Gasteiger partial charge in [-0.2, -0.15) is 0 Å². The Bertz CT molecular complexity index is 404. The van der Waals surface area contributed by atoms with Crippen LogP contribution in [0.5, 0.6) is 0 Å². The smallest absolute Gasteiger partial charge is 0.340 e. The van der Waals surface area contributed by atoms with E-state index in [1.165, 1.54) is 0 Å². The number of benzene rings is 1. The highest BCUT2D eigenvalue weighted by molar-refractivity contribution is 5.89. The average molecular weight is 250 g/mol. The Labute approximate surface area is 107 Å². The van der Waals surface area contributed by atoms with E-state index in [9.17, 15) is 9.90 Å². The Morgan fingerprint density at radius 1 is 1.39 bits per heavy atom. The summed E-state index contributed by atoms with van der Waals surface area (Å²) in [4.78, 5) is 11.8. The molecule has 0 amide bonds. The van der Waals surface area contributed by atoms with Gasteiger partial charge in [-0.15, -0.1) is 0 Å². The van der Waals surface area contributed by atoms with E-state index in [1.807, 2.05) is 19.9 Å². The van der Waals surface area contributed by atoms with Gasteiger partial charge in [-0.3, -0.25) is 0 Å². The second kappa shape index (κ2) is 5.50. The topological polar surface area (TPSA) is 55.8 Å². The summed E-state index contributed by atoms with van der Waals surface area (Å²) in [5.74, 6) is -0.493. The molecule has 4 atom stereocenters. The maximum absolute atomic E-state index is 11.8. The summed E-state index contributed by atoms with van der Waals surface area (Å²) >= 11 is 0. The lowest BCUT2D eigenvalue weighted by Crippen LogP contribution is -2.30. The molecule has 1 N–H and O–H groups in total. The average Bonchev–Trinajstić information content (AvgIpc) is 2.67. The van der Waals surface area contributed by atoms with Crippen molar-refractivity contribution in [1.82, 2.24) is 0 Å². The number of aliphatic hydroxyl groups is 1. The van der Waals surface area contributed by atoms with Crippen LogP contribution in [-0.4, -0.2) is 29.6 Å². The summed E-state index contributed by atoms with van der Waals surface area (Å²) in [6.45, 7) is 3.88. The van der Waals surface area contributed by atoms with Crippen molar-refractivity contribution >= 4 is 5.97 Å². The maximum atomic E-state index is 11.8. The summed E-state index contributed by atoms with van der Waals surface area (Å²) in [6.07, 6.45) is -0.897. The second-order valence-corrected chi connectivity index (χ2v) is 4.57. The number of aliphatic hydroxyl groups excluding tert-OH is 1. The summed E-state index contributed by atoms with van der Waals surface area (Å²) in [5.41, 5.74) is 0.459. The van der Waals surface area contributed by atoms with Gasteiger partial charge >= 0.3 is 5.97 Å². The van der Waals surface area contributed by atoms with Crippen LogP contribution in [0.3, 0.4) is 0 Å². The standard InChI is InChI=1S/C14H18O4/c1-3-11-9(2)12(15)14(17-11)18-13(16)10-7-5-4-6-8-10/h4-9,11-12,14-15H,3H2,1-2H3/t9-,11-,12+,14?/m1/s1. The predicted octanol–water partition coefficient (Wildman–Crippen LogP) is 1.98. The Morgan fingerprint density at radius 2 is 2.06 bits per heavy atom. The number of esters is 1. The third-order valence-corrected chi connectivity index (χ3v) is 3.35. The SMILES string of the molecule is CC[C@H]1OC(OC(=O)c2ccccc2)[C@@H](O)[C@@H]1C. The molecule has 18 heavy (non-hydrogen) atoms. The second-order valence-electron chi connectivity index (χ2n) is 4.57. The largest absolute Gasteiger partial charge is 0.429 e. The van der Waals surface area contributed by atoms with Crippen LogP contribution in [0.4, 0.5) is 0 Å². The van der Waals surface area contributed by atoms with Crippen molar-refractivity contribution in [2.45, 2.75) is 38.8 Å². The molecule has 0 saturated carbocycles. The van der Waals surface area contributed by atoms with Crippen molar-refractivity contribution in [3.05, 3.63) is 35.9 Å². The first-order valence-electron chi connectivity index (χ1n) is 6.23. The van der Waals surface area contributed by atoms with Gasteiger partial charge in [0.05, 0.1) is 11.7 Å². The molecule has 0 bridgehead atoms. The number of hydrogen-bond donors (Lipinski definition) is 1. The minimum atomic E-state index is -0.863. The van der Waals surface area contributed by atoms with Gasteiger partial charge < -0.3 is 14.6 Å². The molecule has 1 heterocycles. The minimum absolute atomic E-state index is 0.0245. The number of carbonyl (C=O) groups is 1. The molecule has 4 heteroatoms. The van der Waals surface area contributed by atoms with Gasteiger partial charge in [-0.1, -0.05) is 32.0 Å². The third kappa shape index (κ3) is 2.54. The lowest BCUT2D eigenvalue weighted by molar-refractivity contribution is -0.134. The molecule has 1 aromatic rings. The van der Waals surface area contributed by atoms with Gasteiger partial charge in [0.15, 0.2) is 0 Å². The number of rotatable bonds is 3. The Morgan fingerprint density at radius 3 is 2.61 bits per heavy atom. The Kier molecular flexibility index (Phi) is 3.99. The summed E-state index contributed by atoms with van der Waals surface area (Å²) in [7, 11) is 0. The first kappa shape index (κ1) is 13.1. The van der Waals surface area contributed by atoms with Gasteiger partial charge in [-0.25, -0.2) is 4.79 Å². The van der Waals surface area contributed by atoms with E-state index in [4.69, 9.17) is 9.47 Å². The molecule has 1 saturated heterocycles. The van der Waals surface area contributed by atoms with Crippen LogP contribution in [-0.2, 0) is 9.47 Å². The predicted molar refractivity (Wildman–Crippen MR) is 66.0 cm³/mol. The van der Waals surface area contributed by atoms with E-state index >= 15 is 0 Å². The number of ether oxygens (including phenoxy) is 2. The number of hydrogen-bond acceptors (Lipinski definition) is 4. The fourth-order valence-corrected chi connectivity index (χ4v) is 2.16. The highest BCUT2D eigenvalue weighted by atomic mass is 16.7. The third-order valence-electron chi connectivity index (χ3n) is 3.35. The molecule has 2 rings (SSSR count). The van der Waals surface area contributed by atoms with Crippen LogP contribution in [0.2, 0.25) is 0 Å². The Balaban J connectivity index is 2.00. The molecule has 1 aliphatic rings. The summed E-state index contributed by atoms with van der Waals surface area (Å²) in [5, 5.41) is 9.95. The van der Waals surface area contributed by atoms with Crippen LogP contribution >= 0.6 is 0 Å². The minimum Gasteiger partial charge on any atom is -0.429 e.